The van der Waals surface area contributed by atoms with Crippen LogP contribution in [0.4, 0.5) is 0 Å². The lowest BCUT2D eigenvalue weighted by Crippen LogP contribution is -2.27. The van der Waals surface area contributed by atoms with Crippen LogP contribution in [0.2, 0.25) is 5.02 Å². The predicted octanol–water partition coefficient (Wildman–Crippen LogP) is 14.8. The summed E-state index contributed by atoms with van der Waals surface area (Å²) in [7, 11) is 0. The van der Waals surface area contributed by atoms with Gasteiger partial charge in [0.25, 0.3) is 0 Å². The van der Waals surface area contributed by atoms with Crippen LogP contribution in [0.15, 0.2) is 109 Å². The zero-order valence-electron chi connectivity index (χ0n) is 41.0. The molecule has 0 atom stereocenters. The van der Waals surface area contributed by atoms with Gasteiger partial charge in [-0.1, -0.05) is 134 Å². The second-order valence-corrected chi connectivity index (χ2v) is 18.0. The molecule has 4 heterocycles. The first-order chi connectivity index (χ1) is 31.8. The Balaban J connectivity index is 0.000000242. The second kappa shape index (κ2) is 30.7. The zero-order valence-corrected chi connectivity index (χ0v) is 41.8. The molecular weight excluding hydrogens is 820 g/mol. The minimum absolute atomic E-state index is 0.129. The summed E-state index contributed by atoms with van der Waals surface area (Å²) in [6, 6.07) is 32.9. The van der Waals surface area contributed by atoms with Crippen molar-refractivity contribution >= 4 is 34.7 Å². The third-order valence-electron chi connectivity index (χ3n) is 12.4. The first kappa shape index (κ1) is 53.1. The number of carbonyl (C=O) groups excluding carboxylic acids is 2. The van der Waals surface area contributed by atoms with Gasteiger partial charge in [0.1, 0.15) is 0 Å². The van der Waals surface area contributed by atoms with Crippen molar-refractivity contribution in [3.05, 3.63) is 154 Å². The molecule has 0 saturated carbocycles. The Morgan fingerprint density at radius 1 is 0.523 bits per heavy atom. The van der Waals surface area contributed by atoms with Crippen LogP contribution >= 0.6 is 11.6 Å². The molecule has 0 fully saturated rings. The highest BCUT2D eigenvalue weighted by Crippen LogP contribution is 2.23. The molecule has 2 aromatic carbocycles. The third-order valence-corrected chi connectivity index (χ3v) is 12.6. The SMILES string of the molecule is CCCCN(CCCC)CCCc1ccc(Cl)cc1.CCCCc1cc2ccccn2c1C(=O)c1ccc(CCCN(CCCC)CCCC)cc1.CCc1cc2ccccn2c1C=O. The third kappa shape index (κ3) is 17.7. The Morgan fingerprint density at radius 2 is 0.969 bits per heavy atom. The molecule has 4 aromatic heterocycles. The van der Waals surface area contributed by atoms with Crippen molar-refractivity contribution in [2.24, 2.45) is 0 Å². The van der Waals surface area contributed by atoms with Gasteiger partial charge in [-0.15, -0.1) is 0 Å². The summed E-state index contributed by atoms with van der Waals surface area (Å²) in [6.45, 7) is 20.7. The van der Waals surface area contributed by atoms with Crippen molar-refractivity contribution < 1.29 is 9.59 Å². The molecule has 0 amide bonds. The average Bonchev–Trinajstić information content (AvgIpc) is 3.91. The van der Waals surface area contributed by atoms with Gasteiger partial charge in [0.15, 0.2) is 6.29 Å². The van der Waals surface area contributed by atoms with Crippen molar-refractivity contribution in [1.29, 1.82) is 0 Å². The highest BCUT2D eigenvalue weighted by molar-refractivity contribution is 6.30. The van der Waals surface area contributed by atoms with Gasteiger partial charge < -0.3 is 18.6 Å². The van der Waals surface area contributed by atoms with Crippen LogP contribution in [0.3, 0.4) is 0 Å². The lowest BCUT2D eigenvalue weighted by molar-refractivity contribution is 0.103. The van der Waals surface area contributed by atoms with E-state index in [9.17, 15) is 9.59 Å². The lowest BCUT2D eigenvalue weighted by atomic mass is 10.00. The molecular formula is C58H81ClN4O2. The molecule has 0 radical (unpaired) electrons. The van der Waals surface area contributed by atoms with Gasteiger partial charge in [0.2, 0.25) is 5.78 Å². The van der Waals surface area contributed by atoms with E-state index in [1.807, 2.05) is 71.4 Å². The molecule has 6 rings (SSSR count). The van der Waals surface area contributed by atoms with Crippen LogP contribution in [0, 0.1) is 0 Å². The van der Waals surface area contributed by atoms with Gasteiger partial charge in [-0.05, 0) is 181 Å². The molecule has 0 aliphatic heterocycles. The van der Waals surface area contributed by atoms with Crippen LogP contribution in [-0.2, 0) is 25.7 Å². The molecule has 65 heavy (non-hydrogen) atoms. The normalized spacial score (nSPS) is 11.2. The van der Waals surface area contributed by atoms with Crippen molar-refractivity contribution in [1.82, 2.24) is 18.6 Å². The lowest BCUT2D eigenvalue weighted by Gasteiger charge is -2.21. The topological polar surface area (TPSA) is 49.4 Å². The van der Waals surface area contributed by atoms with E-state index in [0.717, 1.165) is 95.5 Å². The van der Waals surface area contributed by atoms with Crippen molar-refractivity contribution in [2.45, 2.75) is 144 Å². The largest absolute Gasteiger partial charge is 0.314 e. The van der Waals surface area contributed by atoms with E-state index < -0.39 is 0 Å². The molecule has 0 bridgehead atoms. The molecule has 6 nitrogen and oxygen atoms in total. The van der Waals surface area contributed by atoms with E-state index in [1.54, 1.807) is 0 Å². The molecule has 0 saturated heterocycles. The average molecular weight is 902 g/mol. The molecule has 0 spiro atoms. The second-order valence-electron chi connectivity index (χ2n) is 17.6. The molecule has 0 aliphatic rings. The van der Waals surface area contributed by atoms with Crippen molar-refractivity contribution in [3.63, 3.8) is 0 Å². The predicted molar refractivity (Wildman–Crippen MR) is 279 cm³/mol. The molecule has 0 unspecified atom stereocenters. The van der Waals surface area contributed by atoms with E-state index in [0.29, 0.717) is 0 Å². The summed E-state index contributed by atoms with van der Waals surface area (Å²) in [5, 5.41) is 0.830. The van der Waals surface area contributed by atoms with Crippen molar-refractivity contribution in [3.8, 4) is 0 Å². The Bertz CT molecular complexity index is 2200. The fourth-order valence-corrected chi connectivity index (χ4v) is 8.56. The Hall–Kier alpha value is -4.49. The maximum absolute atomic E-state index is 13.5. The summed E-state index contributed by atoms with van der Waals surface area (Å²) in [4.78, 5) is 29.6. The van der Waals surface area contributed by atoms with Crippen LogP contribution in [-0.4, -0.2) is 69.9 Å². The molecule has 0 aliphatic carbocycles. The highest BCUT2D eigenvalue weighted by atomic mass is 35.5. The number of halogens is 1. The maximum atomic E-state index is 13.5. The fraction of sp³-hybridized carbons (Fsp3) is 0.483. The summed E-state index contributed by atoms with van der Waals surface area (Å²) >= 11 is 5.90. The van der Waals surface area contributed by atoms with Gasteiger partial charge in [0.05, 0.1) is 11.4 Å². The van der Waals surface area contributed by atoms with E-state index in [2.05, 4.69) is 98.2 Å². The number of ketones is 1. The maximum Gasteiger partial charge on any atom is 0.210 e. The molecule has 352 valence electrons. The van der Waals surface area contributed by atoms with Gasteiger partial charge >= 0.3 is 0 Å². The number of fused-ring (bicyclic) bond motifs is 2. The molecule has 7 heteroatoms. The summed E-state index contributed by atoms with van der Waals surface area (Å²) in [6.07, 6.45) is 23.9. The minimum atomic E-state index is 0.129. The fourth-order valence-electron chi connectivity index (χ4n) is 8.43. The van der Waals surface area contributed by atoms with E-state index in [-0.39, 0.29) is 5.78 Å². The Morgan fingerprint density at radius 3 is 1.45 bits per heavy atom. The summed E-state index contributed by atoms with van der Waals surface area (Å²) in [5.41, 5.74) is 9.57. The quantitative estimate of drug-likeness (QED) is 0.0382. The van der Waals surface area contributed by atoms with E-state index >= 15 is 0 Å². The number of aromatic nitrogens is 2. The van der Waals surface area contributed by atoms with E-state index in [4.69, 9.17) is 11.6 Å². The highest BCUT2D eigenvalue weighted by Gasteiger charge is 2.19. The van der Waals surface area contributed by atoms with Crippen LogP contribution in [0.5, 0.6) is 0 Å². The number of carbonyl (C=O) groups is 2. The summed E-state index contributed by atoms with van der Waals surface area (Å²) in [5.74, 6) is 0.129. The first-order valence-electron chi connectivity index (χ1n) is 25.3. The molecule has 0 N–H and O–H groups in total. The minimum Gasteiger partial charge on any atom is -0.314 e. The monoisotopic (exact) mass is 901 g/mol. The number of aryl methyl sites for hydroxylation is 4. The van der Waals surface area contributed by atoms with Gasteiger partial charge in [-0.3, -0.25) is 9.59 Å². The summed E-state index contributed by atoms with van der Waals surface area (Å²) < 4.78 is 3.98. The van der Waals surface area contributed by atoms with Crippen LogP contribution in [0.25, 0.3) is 11.0 Å². The number of benzene rings is 2. The number of rotatable bonds is 27. The number of hydrogen-bond donors (Lipinski definition) is 0. The van der Waals surface area contributed by atoms with Crippen molar-refractivity contribution in [2.75, 3.05) is 39.3 Å². The van der Waals surface area contributed by atoms with Crippen LogP contribution < -0.4 is 0 Å². The number of unbranched alkanes of at least 4 members (excludes halogenated alkanes) is 5. The molecule has 6 aromatic rings. The van der Waals surface area contributed by atoms with Gasteiger partial charge in [0, 0.05) is 34.0 Å². The number of hydrogen-bond acceptors (Lipinski definition) is 4. The van der Waals surface area contributed by atoms with Crippen LogP contribution in [0.1, 0.15) is 167 Å². The number of aldehydes is 1. The van der Waals surface area contributed by atoms with Gasteiger partial charge in [-0.25, -0.2) is 0 Å². The van der Waals surface area contributed by atoms with E-state index in [1.165, 1.54) is 108 Å². The smallest absolute Gasteiger partial charge is 0.210 e. The zero-order chi connectivity index (χ0) is 46.7. The Kier molecular flexibility index (Phi) is 25.1. The number of pyridine rings is 2. The van der Waals surface area contributed by atoms with Gasteiger partial charge in [-0.2, -0.15) is 0 Å². The Labute approximate surface area is 398 Å². The standard InChI is InChI=1S/C30H42N2O.C17H28ClN.C11H11NO/c1-4-7-14-27-24-28-15-10-11-23-32(28)29(27)30(33)26-18-16-25(17-19-26)13-12-22-31(20-8-5-2)21-9-6-3;1-3-5-13-19(14-6-4-2)15-7-8-16-9-11-17(18)12-10-16;1-2-9-7-10-5-3-4-6-12(10)11(9)8-13/h10-11,15-19,23-24H,4-9,12-14,20-22H2,1-3H3;9-12H,3-8,13-15H2,1-2H3;3-8H,2H2,1H3. The number of nitrogens with zero attached hydrogens (tertiary/aromatic N) is 4. The first-order valence-corrected chi connectivity index (χ1v) is 25.6.